The van der Waals surface area contributed by atoms with E-state index in [0.717, 1.165) is 0 Å². The van der Waals surface area contributed by atoms with Crippen LogP contribution in [0.5, 0.6) is 0 Å². The van der Waals surface area contributed by atoms with Crippen LogP contribution in [0.1, 0.15) is 6.42 Å². The van der Waals surface area contributed by atoms with E-state index in [9.17, 15) is 5.11 Å². The Balaban J connectivity index is 2.58. The third-order valence-corrected chi connectivity index (χ3v) is 2.38. The van der Waals surface area contributed by atoms with Crippen LogP contribution < -0.4 is 0 Å². The molecule has 5 heteroatoms. The summed E-state index contributed by atoms with van der Waals surface area (Å²) in [6.45, 7) is -0.471. The molecule has 0 aromatic heterocycles. The maximum absolute atomic E-state index is 9.25. The molecule has 1 saturated carbocycles. The highest BCUT2D eigenvalue weighted by atomic mass is 16.4. The minimum Gasteiger partial charge on any atom is -0.394 e. The smallest absolute Gasteiger partial charge is 0.106 e. The van der Waals surface area contributed by atoms with Crippen molar-refractivity contribution in [2.45, 2.75) is 30.8 Å². The molecule has 12 heavy (non-hydrogen) atoms. The Kier molecular flexibility index (Phi) is 3.03. The Morgan fingerprint density at radius 1 is 1.17 bits per heavy atom. The molecule has 5 nitrogen and oxygen atoms in total. The fourth-order valence-electron chi connectivity index (χ4n) is 1.56. The van der Waals surface area contributed by atoms with Crippen molar-refractivity contribution in [3.8, 4) is 0 Å². The van der Waals surface area contributed by atoms with Crippen molar-refractivity contribution in [1.29, 1.82) is 0 Å². The van der Waals surface area contributed by atoms with Gasteiger partial charge in [-0.15, -0.1) is 0 Å². The van der Waals surface area contributed by atoms with E-state index >= 15 is 0 Å². The van der Waals surface area contributed by atoms with Gasteiger partial charge in [0.05, 0.1) is 24.9 Å². The van der Waals surface area contributed by atoms with Crippen LogP contribution in [0, 0.1) is 5.92 Å². The molecular formula is C7H14O5. The molecule has 1 rings (SSSR count). The minimum absolute atomic E-state index is 0.115. The molecule has 5 atom stereocenters. The molecule has 0 aromatic carbocycles. The SMILES string of the molecule is OC[C@H](O)C1C[C@@H](O)[C@@H](O)[C@@H]1O. The second-order valence-electron chi connectivity index (χ2n) is 3.20. The molecule has 0 spiro atoms. The summed E-state index contributed by atoms with van der Waals surface area (Å²) in [5.41, 5.74) is 0. The van der Waals surface area contributed by atoms with E-state index in [4.69, 9.17) is 20.4 Å². The van der Waals surface area contributed by atoms with Crippen LogP contribution in [0.25, 0.3) is 0 Å². The van der Waals surface area contributed by atoms with Crippen LogP contribution in [0.4, 0.5) is 0 Å². The van der Waals surface area contributed by atoms with Gasteiger partial charge in [-0.05, 0) is 6.42 Å². The van der Waals surface area contributed by atoms with Gasteiger partial charge in [-0.1, -0.05) is 0 Å². The Hall–Kier alpha value is -0.200. The fraction of sp³-hybridized carbons (Fsp3) is 1.00. The second-order valence-corrected chi connectivity index (χ2v) is 3.20. The molecule has 5 N–H and O–H groups in total. The minimum atomic E-state index is -1.21. The van der Waals surface area contributed by atoms with Crippen LogP contribution >= 0.6 is 0 Å². The van der Waals surface area contributed by atoms with Gasteiger partial charge in [0.25, 0.3) is 0 Å². The zero-order valence-corrected chi connectivity index (χ0v) is 6.54. The van der Waals surface area contributed by atoms with Crippen molar-refractivity contribution in [1.82, 2.24) is 0 Å². The molecule has 1 fully saturated rings. The van der Waals surface area contributed by atoms with Gasteiger partial charge in [-0.3, -0.25) is 0 Å². The average Bonchev–Trinajstić information content (AvgIpc) is 2.32. The highest BCUT2D eigenvalue weighted by Gasteiger charge is 2.43. The van der Waals surface area contributed by atoms with Crippen molar-refractivity contribution in [3.05, 3.63) is 0 Å². The second kappa shape index (κ2) is 3.68. The molecular weight excluding hydrogens is 164 g/mol. The molecule has 1 aliphatic rings. The van der Waals surface area contributed by atoms with E-state index < -0.39 is 36.9 Å². The topological polar surface area (TPSA) is 101 Å². The highest BCUT2D eigenvalue weighted by Crippen LogP contribution is 2.29. The molecule has 0 saturated heterocycles. The third kappa shape index (κ3) is 1.60. The summed E-state index contributed by atoms with van der Waals surface area (Å²) in [7, 11) is 0. The van der Waals surface area contributed by atoms with Crippen LogP contribution in [0.2, 0.25) is 0 Å². The standard InChI is InChI=1S/C7H14O5/c8-2-5(10)3-1-4(9)7(12)6(3)11/h3-12H,1-2H2/t3?,4-,5+,6-,7-/m1/s1. The molecule has 0 amide bonds. The van der Waals surface area contributed by atoms with Gasteiger partial charge in [0, 0.05) is 5.92 Å². The lowest BCUT2D eigenvalue weighted by atomic mass is 9.99. The molecule has 0 aliphatic heterocycles. The van der Waals surface area contributed by atoms with Crippen molar-refractivity contribution < 1.29 is 25.5 Å². The Labute approximate surface area is 69.9 Å². The maximum Gasteiger partial charge on any atom is 0.106 e. The molecule has 0 radical (unpaired) electrons. The van der Waals surface area contributed by atoms with Gasteiger partial charge < -0.3 is 25.5 Å². The first-order chi connectivity index (χ1) is 5.57. The molecule has 1 aliphatic carbocycles. The summed E-state index contributed by atoms with van der Waals surface area (Å²) < 4.78 is 0. The number of aliphatic hydroxyl groups excluding tert-OH is 5. The van der Waals surface area contributed by atoms with Crippen molar-refractivity contribution in [2.75, 3.05) is 6.61 Å². The van der Waals surface area contributed by atoms with E-state index in [1.807, 2.05) is 0 Å². The quantitative estimate of drug-likeness (QED) is 0.320. The van der Waals surface area contributed by atoms with Crippen molar-refractivity contribution in [2.24, 2.45) is 5.92 Å². The average molecular weight is 178 g/mol. The largest absolute Gasteiger partial charge is 0.394 e. The van der Waals surface area contributed by atoms with Gasteiger partial charge in [-0.25, -0.2) is 0 Å². The zero-order valence-electron chi connectivity index (χ0n) is 6.54. The predicted octanol–water partition coefficient (Wildman–Crippen LogP) is -2.56. The first-order valence-corrected chi connectivity index (χ1v) is 3.91. The molecule has 0 aromatic rings. The van der Waals surface area contributed by atoms with Gasteiger partial charge >= 0.3 is 0 Å². The molecule has 0 bridgehead atoms. The van der Waals surface area contributed by atoms with Gasteiger partial charge in [0.15, 0.2) is 0 Å². The van der Waals surface area contributed by atoms with E-state index in [-0.39, 0.29) is 6.42 Å². The first-order valence-electron chi connectivity index (χ1n) is 3.91. The summed E-state index contributed by atoms with van der Waals surface area (Å²) in [6, 6.07) is 0. The highest BCUT2D eigenvalue weighted by molar-refractivity contribution is 4.93. The summed E-state index contributed by atoms with van der Waals surface area (Å²) in [5.74, 6) is -0.639. The van der Waals surface area contributed by atoms with Crippen molar-refractivity contribution >= 4 is 0 Å². The van der Waals surface area contributed by atoms with Crippen LogP contribution in [0.3, 0.4) is 0 Å². The third-order valence-electron chi connectivity index (χ3n) is 2.38. The van der Waals surface area contributed by atoms with Crippen LogP contribution in [-0.2, 0) is 0 Å². The zero-order chi connectivity index (χ0) is 9.30. The first kappa shape index (κ1) is 9.88. The Bertz CT molecular complexity index is 151. The monoisotopic (exact) mass is 178 g/mol. The summed E-state index contributed by atoms with van der Waals surface area (Å²) in [6.07, 6.45) is -4.33. The predicted molar refractivity (Wildman–Crippen MR) is 39.2 cm³/mol. The lowest BCUT2D eigenvalue weighted by molar-refractivity contribution is -0.0496. The van der Waals surface area contributed by atoms with Gasteiger partial charge in [-0.2, -0.15) is 0 Å². The number of hydrogen-bond acceptors (Lipinski definition) is 5. The maximum atomic E-state index is 9.25. The number of rotatable bonds is 2. The van der Waals surface area contributed by atoms with E-state index in [1.165, 1.54) is 0 Å². The van der Waals surface area contributed by atoms with E-state index in [0.29, 0.717) is 0 Å². The summed E-state index contributed by atoms with van der Waals surface area (Å²) in [4.78, 5) is 0. The lowest BCUT2D eigenvalue weighted by Gasteiger charge is -2.19. The molecule has 1 unspecified atom stereocenters. The number of aliphatic hydroxyl groups is 5. The fourth-order valence-corrected chi connectivity index (χ4v) is 1.56. The lowest BCUT2D eigenvalue weighted by Crippen LogP contribution is -2.35. The Morgan fingerprint density at radius 2 is 1.75 bits per heavy atom. The summed E-state index contributed by atoms with van der Waals surface area (Å²) in [5, 5.41) is 45.1. The Morgan fingerprint density at radius 3 is 2.08 bits per heavy atom. The molecule has 72 valence electrons. The van der Waals surface area contributed by atoms with Gasteiger partial charge in [0.2, 0.25) is 0 Å². The normalized spacial score (nSPS) is 44.8. The van der Waals surface area contributed by atoms with Crippen LogP contribution in [0.15, 0.2) is 0 Å². The van der Waals surface area contributed by atoms with Crippen molar-refractivity contribution in [3.63, 3.8) is 0 Å². The van der Waals surface area contributed by atoms with Gasteiger partial charge in [0.1, 0.15) is 6.10 Å². The van der Waals surface area contributed by atoms with E-state index in [2.05, 4.69) is 0 Å². The molecule has 0 heterocycles. The number of hydrogen-bond donors (Lipinski definition) is 5. The summed E-state index contributed by atoms with van der Waals surface area (Å²) >= 11 is 0. The van der Waals surface area contributed by atoms with E-state index in [1.54, 1.807) is 0 Å². The van der Waals surface area contributed by atoms with Crippen LogP contribution in [-0.4, -0.2) is 56.6 Å².